The van der Waals surface area contributed by atoms with Crippen molar-refractivity contribution in [3.63, 3.8) is 0 Å². The van der Waals surface area contributed by atoms with Crippen molar-refractivity contribution in [1.29, 1.82) is 0 Å². The molecule has 0 spiro atoms. The third kappa shape index (κ3) is 3.83. The number of hydroxylamine groups is 2. The fourth-order valence-corrected chi connectivity index (χ4v) is 4.39. The normalized spacial score (nSPS) is 36.8. The number of rotatable bonds is 5. The van der Waals surface area contributed by atoms with Gasteiger partial charge in [-0.2, -0.15) is 0 Å². The first kappa shape index (κ1) is 19.1. The molecular formula is C21H28NO5-. The minimum atomic E-state index is -0.779. The molecule has 2 aliphatic heterocycles. The van der Waals surface area contributed by atoms with Crippen molar-refractivity contribution >= 4 is 6.08 Å². The summed E-state index contributed by atoms with van der Waals surface area (Å²) in [5, 5.41) is 12.6. The predicted octanol–water partition coefficient (Wildman–Crippen LogP) is 2.95. The van der Waals surface area contributed by atoms with Gasteiger partial charge in [-0.15, -0.1) is 0 Å². The van der Waals surface area contributed by atoms with E-state index in [1.54, 1.807) is 0 Å². The third-order valence-corrected chi connectivity index (χ3v) is 5.49. The van der Waals surface area contributed by atoms with Crippen molar-refractivity contribution in [2.24, 2.45) is 5.92 Å². The van der Waals surface area contributed by atoms with Crippen LogP contribution in [0, 0.1) is 11.1 Å². The van der Waals surface area contributed by atoms with Gasteiger partial charge >= 0.3 is 0 Å². The Hall–Kier alpha value is -1.28. The largest absolute Gasteiger partial charge is 0.785 e. The molecule has 148 valence electrons. The molecule has 1 aromatic carbocycles. The summed E-state index contributed by atoms with van der Waals surface area (Å²) in [4.78, 5) is 0. The van der Waals surface area contributed by atoms with Crippen LogP contribution in [0.25, 0.3) is 6.08 Å². The van der Waals surface area contributed by atoms with Gasteiger partial charge in [0.25, 0.3) is 0 Å². The first-order valence-corrected chi connectivity index (χ1v) is 9.55. The summed E-state index contributed by atoms with van der Waals surface area (Å²) in [6.07, 6.45) is 4.07. The molecule has 27 heavy (non-hydrogen) atoms. The topological polar surface area (TPSA) is 63.2 Å². The first-order valence-electron chi connectivity index (χ1n) is 9.55. The molecule has 1 aromatic rings. The lowest BCUT2D eigenvalue weighted by atomic mass is 9.90. The van der Waals surface area contributed by atoms with Gasteiger partial charge < -0.3 is 29.2 Å². The summed E-state index contributed by atoms with van der Waals surface area (Å²) in [6, 6.07) is 8.41. The van der Waals surface area contributed by atoms with E-state index >= 15 is 0 Å². The Morgan fingerprint density at radius 3 is 2.74 bits per heavy atom. The van der Waals surface area contributed by atoms with Gasteiger partial charge in [0.2, 0.25) is 0 Å². The van der Waals surface area contributed by atoms with E-state index < -0.39 is 17.7 Å². The summed E-state index contributed by atoms with van der Waals surface area (Å²) in [7, 11) is 1.49. The minimum absolute atomic E-state index is 0.196. The number of hydrogen-bond acceptors (Lipinski definition) is 6. The molecule has 0 radical (unpaired) electrons. The Morgan fingerprint density at radius 2 is 1.96 bits per heavy atom. The zero-order valence-electron chi connectivity index (χ0n) is 16.4. The van der Waals surface area contributed by atoms with Crippen LogP contribution < -0.4 is 0 Å². The summed E-state index contributed by atoms with van der Waals surface area (Å²) >= 11 is 0. The van der Waals surface area contributed by atoms with Crippen molar-refractivity contribution in [2.75, 3.05) is 20.2 Å². The van der Waals surface area contributed by atoms with E-state index in [1.165, 1.54) is 18.2 Å². The molecular weight excluding hydrogens is 346 g/mol. The van der Waals surface area contributed by atoms with Gasteiger partial charge in [-0.3, -0.25) is 0 Å². The lowest BCUT2D eigenvalue weighted by molar-refractivity contribution is -0.242. The van der Waals surface area contributed by atoms with Crippen LogP contribution in [-0.2, 0) is 25.4 Å². The molecule has 0 amide bonds. The standard InChI is InChI=1S/C21H28NO5/c1-20(2)25-17-18(21(3,13-22(4)23)27-19(17)26-20)24-12-14-9-10-15-7-5-6-8-16(15)11-14/h5-10,14,17-19H,11-13H2,1-4H3/q-1/t14?,17-,18+,19+,21-/m1/s1. The molecule has 2 fully saturated rings. The minimum Gasteiger partial charge on any atom is -0.785 e. The molecule has 6 heteroatoms. The van der Waals surface area contributed by atoms with Crippen LogP contribution >= 0.6 is 0 Å². The van der Waals surface area contributed by atoms with Gasteiger partial charge in [0, 0.05) is 12.5 Å². The number of benzene rings is 1. The van der Waals surface area contributed by atoms with Gasteiger partial charge in [0.1, 0.15) is 17.8 Å². The van der Waals surface area contributed by atoms with E-state index in [1.807, 2.05) is 20.8 Å². The van der Waals surface area contributed by atoms with Crippen molar-refractivity contribution in [3.8, 4) is 0 Å². The Kier molecular flexibility index (Phi) is 4.91. The molecule has 0 bridgehead atoms. The highest BCUT2D eigenvalue weighted by Gasteiger charge is 2.60. The Balaban J connectivity index is 1.47. The first-order chi connectivity index (χ1) is 12.8. The van der Waals surface area contributed by atoms with E-state index in [9.17, 15) is 5.21 Å². The molecule has 2 saturated heterocycles. The monoisotopic (exact) mass is 374 g/mol. The maximum Gasteiger partial charge on any atom is 0.190 e. The smallest absolute Gasteiger partial charge is 0.190 e. The lowest BCUT2D eigenvalue weighted by Crippen LogP contribution is -2.50. The molecule has 0 N–H and O–H groups in total. The van der Waals surface area contributed by atoms with E-state index in [-0.39, 0.29) is 24.7 Å². The number of ether oxygens (including phenoxy) is 4. The number of nitrogens with zero attached hydrogens (tertiary/aromatic N) is 1. The third-order valence-electron chi connectivity index (χ3n) is 5.49. The molecule has 5 atom stereocenters. The van der Waals surface area contributed by atoms with Crippen LogP contribution in [0.4, 0.5) is 0 Å². The van der Waals surface area contributed by atoms with E-state index in [4.69, 9.17) is 18.9 Å². The van der Waals surface area contributed by atoms with Crippen molar-refractivity contribution in [2.45, 2.75) is 57.1 Å². The highest BCUT2D eigenvalue weighted by molar-refractivity contribution is 5.56. The van der Waals surface area contributed by atoms with Crippen LogP contribution in [0.5, 0.6) is 0 Å². The summed E-state index contributed by atoms with van der Waals surface area (Å²) in [6.45, 7) is 6.37. The van der Waals surface area contributed by atoms with Gasteiger partial charge in [0.05, 0.1) is 6.61 Å². The predicted molar refractivity (Wildman–Crippen MR) is 102 cm³/mol. The van der Waals surface area contributed by atoms with Crippen LogP contribution in [0.1, 0.15) is 31.9 Å². The average molecular weight is 374 g/mol. The molecule has 2 heterocycles. The Labute approximate surface area is 160 Å². The fraction of sp³-hybridized carbons (Fsp3) is 0.619. The second-order valence-electron chi connectivity index (χ2n) is 8.46. The van der Waals surface area contributed by atoms with Gasteiger partial charge in [-0.25, -0.2) is 0 Å². The molecule has 0 saturated carbocycles. The van der Waals surface area contributed by atoms with Crippen molar-refractivity contribution in [3.05, 3.63) is 46.7 Å². The molecule has 1 aliphatic carbocycles. The molecule has 4 rings (SSSR count). The van der Waals surface area contributed by atoms with E-state index in [0.717, 1.165) is 11.5 Å². The van der Waals surface area contributed by atoms with Gasteiger partial charge in [0.15, 0.2) is 12.1 Å². The molecule has 6 nitrogen and oxygen atoms in total. The second-order valence-corrected chi connectivity index (χ2v) is 8.46. The second kappa shape index (κ2) is 6.95. The van der Waals surface area contributed by atoms with Crippen molar-refractivity contribution in [1.82, 2.24) is 5.06 Å². The van der Waals surface area contributed by atoms with Gasteiger partial charge in [-0.05, 0) is 45.4 Å². The summed E-state index contributed by atoms with van der Waals surface area (Å²) in [5.41, 5.74) is 1.82. The average Bonchev–Trinajstić information content (AvgIpc) is 2.99. The van der Waals surface area contributed by atoms with Gasteiger partial charge in [-0.1, -0.05) is 36.4 Å². The Morgan fingerprint density at radius 1 is 1.19 bits per heavy atom. The summed E-state index contributed by atoms with van der Waals surface area (Å²) < 4.78 is 24.3. The zero-order chi connectivity index (χ0) is 19.2. The molecule has 3 aliphatic rings. The summed E-state index contributed by atoms with van der Waals surface area (Å²) in [5.74, 6) is -0.436. The van der Waals surface area contributed by atoms with E-state index in [0.29, 0.717) is 6.61 Å². The molecule has 0 aromatic heterocycles. The number of likely N-dealkylation sites (N-methyl/N-ethyl adjacent to an activating group) is 1. The Bertz CT molecular complexity index is 718. The van der Waals surface area contributed by atoms with Crippen LogP contribution in [0.3, 0.4) is 0 Å². The van der Waals surface area contributed by atoms with Crippen LogP contribution in [-0.4, -0.2) is 55.1 Å². The molecule has 1 unspecified atom stereocenters. The van der Waals surface area contributed by atoms with Crippen LogP contribution in [0.2, 0.25) is 0 Å². The lowest BCUT2D eigenvalue weighted by Gasteiger charge is -2.39. The van der Waals surface area contributed by atoms with Crippen molar-refractivity contribution < 1.29 is 18.9 Å². The quantitative estimate of drug-likeness (QED) is 0.739. The zero-order valence-corrected chi connectivity index (χ0v) is 16.4. The van der Waals surface area contributed by atoms with E-state index in [2.05, 4.69) is 36.4 Å². The fourth-order valence-electron chi connectivity index (χ4n) is 4.39. The number of hydrogen-bond donors (Lipinski definition) is 0. The number of fused-ring (bicyclic) bond motifs is 2. The maximum absolute atomic E-state index is 11.7. The SMILES string of the molecule is CN([O-])C[C@@]1(C)O[C@@H]2OC(C)(C)O[C@@H]2[C@@H]1OCC1C=Cc2ccccc2C1. The highest BCUT2D eigenvalue weighted by Crippen LogP contribution is 2.44. The van der Waals surface area contributed by atoms with Crippen LogP contribution in [0.15, 0.2) is 30.3 Å². The maximum atomic E-state index is 11.7. The highest BCUT2D eigenvalue weighted by atomic mass is 16.8.